The van der Waals surface area contributed by atoms with Crippen LogP contribution >= 0.6 is 11.6 Å². The maximum atomic E-state index is 9.58. The normalized spacial score (nSPS) is 7.92. The molecule has 1 aromatic carbocycles. The Labute approximate surface area is 76.5 Å². The summed E-state index contributed by atoms with van der Waals surface area (Å²) in [5.41, 5.74) is 1.89. The van der Waals surface area contributed by atoms with Gasteiger partial charge in [-0.15, -0.1) is 0 Å². The minimum absolute atomic E-state index is 0.218. The van der Waals surface area contributed by atoms with Crippen molar-refractivity contribution in [1.29, 1.82) is 0 Å². The fourth-order valence-electron chi connectivity index (χ4n) is 0.415. The van der Waals surface area contributed by atoms with Gasteiger partial charge in [0, 0.05) is 11.9 Å². The van der Waals surface area contributed by atoms with Crippen LogP contribution in [-0.2, 0) is 4.79 Å². The molecule has 0 aliphatic heterocycles. The molecular weight excluding hydrogens is 176 g/mol. The Kier molecular flexibility index (Phi) is 6.05. The van der Waals surface area contributed by atoms with E-state index in [-0.39, 0.29) is 5.91 Å². The standard InChI is InChI=1S/C6H5Cl.C2H6N2O/c7-6-4-2-1-3-5-6;1-2(5)4-3/h1-5H;3H2,1H3,(H,4,5). The van der Waals surface area contributed by atoms with Crippen LogP contribution in [0, 0.1) is 0 Å². The molecule has 1 aromatic rings. The molecule has 1 rings (SSSR count). The van der Waals surface area contributed by atoms with Gasteiger partial charge in [0.2, 0.25) is 5.91 Å². The van der Waals surface area contributed by atoms with Gasteiger partial charge in [0.25, 0.3) is 0 Å². The molecule has 12 heavy (non-hydrogen) atoms. The lowest BCUT2D eigenvalue weighted by Crippen LogP contribution is -2.26. The molecule has 0 spiro atoms. The summed E-state index contributed by atoms with van der Waals surface area (Å²) in [6.45, 7) is 1.35. The van der Waals surface area contributed by atoms with Gasteiger partial charge in [0.05, 0.1) is 0 Å². The lowest BCUT2D eigenvalue weighted by molar-refractivity contribution is -0.119. The zero-order valence-electron chi connectivity index (χ0n) is 6.75. The van der Waals surface area contributed by atoms with Crippen LogP contribution in [0.25, 0.3) is 0 Å². The number of halogens is 1. The van der Waals surface area contributed by atoms with E-state index in [4.69, 9.17) is 11.6 Å². The monoisotopic (exact) mass is 186 g/mol. The van der Waals surface area contributed by atoms with Crippen LogP contribution < -0.4 is 11.3 Å². The number of benzene rings is 1. The van der Waals surface area contributed by atoms with Crippen LogP contribution in [0.5, 0.6) is 0 Å². The number of hydrazine groups is 1. The molecule has 0 saturated carbocycles. The van der Waals surface area contributed by atoms with E-state index in [0.29, 0.717) is 0 Å². The molecule has 1 amide bonds. The van der Waals surface area contributed by atoms with Crippen molar-refractivity contribution in [2.45, 2.75) is 6.92 Å². The van der Waals surface area contributed by atoms with E-state index in [0.717, 1.165) is 5.02 Å². The highest BCUT2D eigenvalue weighted by Crippen LogP contribution is 2.03. The van der Waals surface area contributed by atoms with Crippen molar-refractivity contribution in [3.63, 3.8) is 0 Å². The van der Waals surface area contributed by atoms with Gasteiger partial charge in [-0.05, 0) is 12.1 Å². The van der Waals surface area contributed by atoms with Crippen molar-refractivity contribution in [1.82, 2.24) is 5.43 Å². The van der Waals surface area contributed by atoms with E-state index in [9.17, 15) is 4.79 Å². The second-order valence-electron chi connectivity index (χ2n) is 2.00. The van der Waals surface area contributed by atoms with Gasteiger partial charge in [-0.25, -0.2) is 5.84 Å². The quantitative estimate of drug-likeness (QED) is 0.365. The van der Waals surface area contributed by atoms with Crippen molar-refractivity contribution >= 4 is 17.5 Å². The summed E-state index contributed by atoms with van der Waals surface area (Å²) >= 11 is 5.54. The molecule has 0 unspecified atom stereocenters. The minimum atomic E-state index is -0.218. The predicted molar refractivity (Wildman–Crippen MR) is 49.5 cm³/mol. The van der Waals surface area contributed by atoms with Gasteiger partial charge >= 0.3 is 0 Å². The molecule has 3 nitrogen and oxygen atoms in total. The second-order valence-corrected chi connectivity index (χ2v) is 2.43. The molecular formula is C8H11ClN2O. The van der Waals surface area contributed by atoms with Crippen LogP contribution in [-0.4, -0.2) is 5.91 Å². The third kappa shape index (κ3) is 7.05. The lowest BCUT2D eigenvalue weighted by atomic mass is 10.4. The summed E-state index contributed by atoms with van der Waals surface area (Å²) in [5, 5.41) is 0.794. The average Bonchev–Trinajstić information content (AvgIpc) is 2.07. The fraction of sp³-hybridized carbons (Fsp3) is 0.125. The smallest absolute Gasteiger partial charge is 0.230 e. The number of rotatable bonds is 0. The Morgan fingerprint density at radius 1 is 1.42 bits per heavy atom. The maximum absolute atomic E-state index is 9.58. The SMILES string of the molecule is CC(=O)NN.Clc1ccccc1. The summed E-state index contributed by atoms with van der Waals surface area (Å²) in [7, 11) is 0. The van der Waals surface area contributed by atoms with Crippen molar-refractivity contribution in [2.75, 3.05) is 0 Å². The Balaban J connectivity index is 0.000000217. The van der Waals surface area contributed by atoms with Gasteiger partial charge in [0.15, 0.2) is 0 Å². The highest BCUT2D eigenvalue weighted by atomic mass is 35.5. The number of carbonyl (C=O) groups excluding carboxylic acids is 1. The number of nitrogens with one attached hydrogen (secondary N) is 1. The van der Waals surface area contributed by atoms with Crippen LogP contribution in [0.1, 0.15) is 6.92 Å². The van der Waals surface area contributed by atoms with Crippen LogP contribution in [0.3, 0.4) is 0 Å². The first-order valence-corrected chi connectivity index (χ1v) is 3.72. The zero-order valence-corrected chi connectivity index (χ0v) is 7.51. The largest absolute Gasteiger partial charge is 0.295 e. The number of carbonyl (C=O) groups is 1. The number of hydrogen-bond donors (Lipinski definition) is 2. The lowest BCUT2D eigenvalue weighted by Gasteiger charge is -1.80. The summed E-state index contributed by atoms with van der Waals surface area (Å²) < 4.78 is 0. The van der Waals surface area contributed by atoms with Gasteiger partial charge in [-0.2, -0.15) is 0 Å². The Morgan fingerprint density at radius 2 is 1.83 bits per heavy atom. The number of nitrogens with two attached hydrogens (primary N) is 1. The summed E-state index contributed by atoms with van der Waals surface area (Å²) in [5.74, 6) is 4.35. The molecule has 0 saturated heterocycles. The molecule has 0 aromatic heterocycles. The zero-order chi connectivity index (χ0) is 9.40. The molecule has 0 fully saturated rings. The first-order valence-electron chi connectivity index (χ1n) is 3.34. The molecule has 3 N–H and O–H groups in total. The Morgan fingerprint density at radius 3 is 2.00 bits per heavy atom. The van der Waals surface area contributed by atoms with E-state index < -0.39 is 0 Å². The van der Waals surface area contributed by atoms with Gasteiger partial charge in [-0.3, -0.25) is 10.2 Å². The molecule has 66 valence electrons. The van der Waals surface area contributed by atoms with E-state index >= 15 is 0 Å². The van der Waals surface area contributed by atoms with Crippen molar-refractivity contribution in [2.24, 2.45) is 5.84 Å². The van der Waals surface area contributed by atoms with Crippen molar-refractivity contribution in [3.8, 4) is 0 Å². The Hall–Kier alpha value is -1.06. The third-order valence-electron chi connectivity index (χ3n) is 0.936. The molecule has 0 radical (unpaired) electrons. The molecule has 0 bridgehead atoms. The first kappa shape index (κ1) is 10.9. The van der Waals surface area contributed by atoms with Crippen LogP contribution in [0.2, 0.25) is 5.02 Å². The second kappa shape index (κ2) is 6.64. The molecule has 4 heteroatoms. The first-order chi connectivity index (χ1) is 5.66. The summed E-state index contributed by atoms with van der Waals surface area (Å²) in [4.78, 5) is 9.58. The molecule has 0 atom stereocenters. The van der Waals surface area contributed by atoms with Crippen molar-refractivity contribution in [3.05, 3.63) is 35.4 Å². The van der Waals surface area contributed by atoms with Crippen LogP contribution in [0.15, 0.2) is 30.3 Å². The van der Waals surface area contributed by atoms with Gasteiger partial charge < -0.3 is 0 Å². The number of hydrogen-bond acceptors (Lipinski definition) is 2. The van der Waals surface area contributed by atoms with E-state index in [1.165, 1.54) is 6.92 Å². The topological polar surface area (TPSA) is 55.1 Å². The molecule has 0 heterocycles. The highest BCUT2D eigenvalue weighted by Gasteiger charge is 1.75. The highest BCUT2D eigenvalue weighted by molar-refractivity contribution is 6.30. The van der Waals surface area contributed by atoms with E-state index in [1.54, 1.807) is 0 Å². The van der Waals surface area contributed by atoms with Gasteiger partial charge in [-0.1, -0.05) is 29.8 Å². The molecule has 0 aliphatic rings. The van der Waals surface area contributed by atoms with E-state index in [2.05, 4.69) is 5.84 Å². The average molecular weight is 187 g/mol. The maximum Gasteiger partial charge on any atom is 0.230 e. The van der Waals surface area contributed by atoms with E-state index in [1.807, 2.05) is 35.8 Å². The Bertz CT molecular complexity index is 226. The minimum Gasteiger partial charge on any atom is -0.295 e. The summed E-state index contributed by atoms with van der Waals surface area (Å²) in [6, 6.07) is 9.44. The third-order valence-corrected chi connectivity index (χ3v) is 1.19. The molecule has 0 aliphatic carbocycles. The fourth-order valence-corrected chi connectivity index (χ4v) is 0.560. The summed E-state index contributed by atoms with van der Waals surface area (Å²) in [6.07, 6.45) is 0. The number of amides is 1. The van der Waals surface area contributed by atoms with Gasteiger partial charge in [0.1, 0.15) is 0 Å². The predicted octanol–water partition coefficient (Wildman–Crippen LogP) is 1.34. The van der Waals surface area contributed by atoms with Crippen LogP contribution in [0.4, 0.5) is 0 Å². The van der Waals surface area contributed by atoms with Crippen molar-refractivity contribution < 1.29 is 4.79 Å².